The van der Waals surface area contributed by atoms with Gasteiger partial charge in [-0.2, -0.15) is 0 Å². The zero-order valence-corrected chi connectivity index (χ0v) is 57.0. The summed E-state index contributed by atoms with van der Waals surface area (Å²) in [5, 5.41) is 239. The molecule has 0 heterocycles. The Morgan fingerprint density at radius 2 is 0.485 bits per heavy atom. The maximum absolute atomic E-state index is 12.6. The number of rotatable bonds is 21. The summed E-state index contributed by atoms with van der Waals surface area (Å²) in [4.78, 5) is 0. The maximum atomic E-state index is 12.6. The van der Waals surface area contributed by atoms with Crippen molar-refractivity contribution >= 4 is 0 Å². The van der Waals surface area contributed by atoms with Crippen LogP contribution in [0, 0.1) is 19.7 Å². The molecule has 0 atom stereocenters. The highest BCUT2D eigenvalue weighted by Crippen LogP contribution is 2.39. The Labute approximate surface area is 593 Å². The molecule has 0 bridgehead atoms. The van der Waals surface area contributed by atoms with Gasteiger partial charge in [0.05, 0.1) is 119 Å². The second-order valence-electron chi connectivity index (χ2n) is 22.5. The van der Waals surface area contributed by atoms with Crippen LogP contribution < -0.4 is 0 Å². The molecule has 26 nitrogen and oxygen atoms in total. The molecule has 26 N–H and O–H groups in total. The topological polar surface area (TPSA) is 526 Å². The third-order valence-electron chi connectivity index (χ3n) is 16.2. The van der Waals surface area contributed by atoms with Gasteiger partial charge in [-0.15, -0.1) is 0 Å². The number of benzene rings is 9. The zero-order chi connectivity index (χ0) is 77.2. The van der Waals surface area contributed by atoms with E-state index in [1.165, 1.54) is 12.1 Å². The first kappa shape index (κ1) is 87.8. The summed E-state index contributed by atoms with van der Waals surface area (Å²) in [6.07, 6.45) is 0.687. The molecule has 9 aromatic carbocycles. The van der Waals surface area contributed by atoms with Crippen molar-refractivity contribution in [1.82, 2.24) is 0 Å². The van der Waals surface area contributed by atoms with Gasteiger partial charge in [-0.3, -0.25) is 0 Å². The van der Waals surface area contributed by atoms with E-state index in [9.17, 15) is 50.3 Å². The number of aliphatic hydroxyl groups excluding tert-OH is 18. The summed E-state index contributed by atoms with van der Waals surface area (Å²) in [7, 11) is 0. The SMILES string of the molecule is CCc1cc(CO)cc(CO)c1O.Cc1c(CO)c(C)c(CO)c(O)c1CO.OCc1c(O)c(CO)c(CO)c(O)c1CO.OCc1cc(-c2ccccc2)cc(CO)c1O.OCc1cc(CO)c(O)c(-c2ccccc2)c1.OCc1cc(CO)c(O)c(CO)c1.OCc1cc(F)cc(CO)c1O. The molecule has 0 aliphatic carbocycles. The molecule has 560 valence electrons. The highest BCUT2D eigenvalue weighted by molar-refractivity contribution is 5.73. The molecular formula is C76H93FO26. The first-order chi connectivity index (χ1) is 49.3. The lowest BCUT2D eigenvalue weighted by Gasteiger charge is -2.17. The van der Waals surface area contributed by atoms with Gasteiger partial charge < -0.3 is 133 Å². The number of aromatic hydroxyl groups is 8. The zero-order valence-electron chi connectivity index (χ0n) is 57.0. The highest BCUT2D eigenvalue weighted by Gasteiger charge is 2.23. The van der Waals surface area contributed by atoms with E-state index >= 15 is 0 Å². The minimum absolute atomic E-state index is 0.0327. The molecule has 0 amide bonds. The Bertz CT molecular complexity index is 3800. The first-order valence-corrected chi connectivity index (χ1v) is 31.7. The van der Waals surface area contributed by atoms with Gasteiger partial charge in [-0.1, -0.05) is 67.6 Å². The van der Waals surface area contributed by atoms with E-state index in [1.807, 2.05) is 67.6 Å². The molecule has 0 aliphatic rings. The Kier molecular flexibility index (Phi) is 38.2. The number of phenols is 8. The van der Waals surface area contributed by atoms with Crippen molar-refractivity contribution in [3.05, 3.63) is 244 Å². The molecule has 0 saturated heterocycles. The van der Waals surface area contributed by atoms with Crippen molar-refractivity contribution in [1.29, 1.82) is 0 Å². The molecule has 9 aromatic rings. The van der Waals surface area contributed by atoms with Crippen LogP contribution in [0.5, 0.6) is 46.0 Å². The standard InChI is InChI=1S/2C14H14O3.C11H16O4.C10H14O6.C10H14O3.C9H12O4.C8H9FO3/c15-8-10-6-12(9-16)14(17)13(7-10)11-4-2-1-3-5-11;15-8-12-6-11(7-13(9-16)14(12)17)10-4-2-1-3-5-10;1-6-8(3-12)7(2)10(5-14)11(15)9(6)4-13;11-1-5-6(2-12)10(16)8(4-14)7(3-13)9(5)15;1-2-8-3-7(5-11)4-9(6-12)10(8)13;10-3-6-1-7(4-11)9(13)8(2-6)5-12;9-7-1-5(3-10)8(12)6(2-7)4-11/h2*1-7,15-17H,8-9H2;12-15H,3-5H2,1-2H3;11-16H,1-4H2;3-4,11-13H,2,5-6H2,1H3;1-2,10-13H,3-5H2;1-2,10-12H,3-4H2. The van der Waals surface area contributed by atoms with Gasteiger partial charge in [0.15, 0.2) is 0 Å². The fraction of sp³-hybridized carbons (Fsp3) is 0.289. The molecule has 103 heavy (non-hydrogen) atoms. The number of halogens is 1. The predicted molar refractivity (Wildman–Crippen MR) is 375 cm³/mol. The van der Waals surface area contributed by atoms with Gasteiger partial charge in [0, 0.05) is 83.5 Å². The van der Waals surface area contributed by atoms with Gasteiger partial charge in [0.25, 0.3) is 0 Å². The average molecular weight is 1440 g/mol. The van der Waals surface area contributed by atoms with Crippen LogP contribution in [0.4, 0.5) is 4.39 Å². The first-order valence-electron chi connectivity index (χ1n) is 31.7. The van der Waals surface area contributed by atoms with Crippen molar-refractivity contribution in [3.63, 3.8) is 0 Å². The number of aryl methyl sites for hydroxylation is 1. The van der Waals surface area contributed by atoms with Crippen LogP contribution in [0.3, 0.4) is 0 Å². The van der Waals surface area contributed by atoms with Crippen LogP contribution in [-0.4, -0.2) is 133 Å². The van der Waals surface area contributed by atoms with Crippen molar-refractivity contribution in [3.8, 4) is 68.2 Å². The smallest absolute Gasteiger partial charge is 0.128 e. The van der Waals surface area contributed by atoms with Crippen molar-refractivity contribution < 1.29 is 137 Å². The van der Waals surface area contributed by atoms with Crippen LogP contribution in [-0.2, 0) is 125 Å². The Balaban J connectivity index is 0.000000313. The second kappa shape index (κ2) is 44.9. The second-order valence-corrected chi connectivity index (χ2v) is 22.5. The molecule has 0 unspecified atom stereocenters. The summed E-state index contributed by atoms with van der Waals surface area (Å²) in [6.45, 7) is -0.615. The third-order valence-corrected chi connectivity index (χ3v) is 16.2. The molecule has 0 fully saturated rings. The lowest BCUT2D eigenvalue weighted by molar-refractivity contribution is 0.233. The maximum Gasteiger partial charge on any atom is 0.128 e. The van der Waals surface area contributed by atoms with Crippen LogP contribution >= 0.6 is 0 Å². The molecule has 27 heteroatoms. The molecule has 0 aliphatic heterocycles. The van der Waals surface area contributed by atoms with Gasteiger partial charge in [0.2, 0.25) is 0 Å². The fourth-order valence-electron chi connectivity index (χ4n) is 10.5. The van der Waals surface area contributed by atoms with Crippen molar-refractivity contribution in [2.75, 3.05) is 0 Å². The van der Waals surface area contributed by atoms with E-state index in [2.05, 4.69) is 0 Å². The van der Waals surface area contributed by atoms with E-state index in [1.54, 1.807) is 50.2 Å². The highest BCUT2D eigenvalue weighted by atomic mass is 19.1. The molecule has 0 radical (unpaired) electrons. The number of hydrogen-bond acceptors (Lipinski definition) is 26. The Morgan fingerprint density at radius 3 is 0.777 bits per heavy atom. The monoisotopic (exact) mass is 1440 g/mol. The Hall–Kier alpha value is -9.41. The molecule has 0 aromatic heterocycles. The van der Waals surface area contributed by atoms with E-state index in [0.717, 1.165) is 39.9 Å². The fourth-order valence-corrected chi connectivity index (χ4v) is 10.5. The summed E-state index contributed by atoms with van der Waals surface area (Å²) in [5.74, 6) is -1.68. The molecule has 9 rings (SSSR count). The quantitative estimate of drug-likeness (QED) is 0.0422. The van der Waals surface area contributed by atoms with Gasteiger partial charge in [0.1, 0.15) is 51.8 Å². The summed E-state index contributed by atoms with van der Waals surface area (Å²) in [6, 6.07) is 34.2. The van der Waals surface area contributed by atoms with Gasteiger partial charge in [-0.05, 0) is 137 Å². The van der Waals surface area contributed by atoms with Crippen molar-refractivity contribution in [2.24, 2.45) is 0 Å². The van der Waals surface area contributed by atoms with Crippen LogP contribution in [0.1, 0.15) is 124 Å². The number of hydrogen-bond donors (Lipinski definition) is 26. The minimum atomic E-state index is -0.589. The molecule has 0 spiro atoms. The summed E-state index contributed by atoms with van der Waals surface area (Å²) < 4.78 is 12.6. The normalized spacial score (nSPS) is 10.5. The summed E-state index contributed by atoms with van der Waals surface area (Å²) in [5.41, 5.74) is 11.1. The lowest BCUT2D eigenvalue weighted by Crippen LogP contribution is -2.04. The Morgan fingerprint density at radius 1 is 0.233 bits per heavy atom. The summed E-state index contributed by atoms with van der Waals surface area (Å²) >= 11 is 0. The van der Waals surface area contributed by atoms with Crippen LogP contribution in [0.15, 0.2) is 121 Å². The minimum Gasteiger partial charge on any atom is -0.507 e. The van der Waals surface area contributed by atoms with Crippen LogP contribution in [0.2, 0.25) is 0 Å². The predicted octanol–water partition coefficient (Wildman–Crippen LogP) is 4.96. The number of aliphatic hydroxyl groups is 18. The van der Waals surface area contributed by atoms with Crippen LogP contribution in [0.25, 0.3) is 22.3 Å². The van der Waals surface area contributed by atoms with Gasteiger partial charge in [-0.25, -0.2) is 4.39 Å². The third kappa shape index (κ3) is 23.3. The van der Waals surface area contributed by atoms with E-state index in [-0.39, 0.29) is 147 Å². The van der Waals surface area contributed by atoms with E-state index in [0.29, 0.717) is 84.3 Å². The molecular weight excluding hydrogens is 1350 g/mol. The van der Waals surface area contributed by atoms with Gasteiger partial charge >= 0.3 is 0 Å². The largest absolute Gasteiger partial charge is 0.507 e. The molecule has 0 saturated carbocycles. The van der Waals surface area contributed by atoms with E-state index < -0.39 is 57.0 Å². The average Bonchev–Trinajstić information content (AvgIpc) is 0.783. The van der Waals surface area contributed by atoms with Crippen molar-refractivity contribution in [2.45, 2.75) is 146 Å². The lowest BCUT2D eigenvalue weighted by atomic mass is 9.92. The van der Waals surface area contributed by atoms with E-state index in [4.69, 9.17) is 86.8 Å².